The lowest BCUT2D eigenvalue weighted by Gasteiger charge is -2.26. The number of hydrogen-bond acceptors (Lipinski definition) is 7. The van der Waals surface area contributed by atoms with E-state index in [2.05, 4.69) is 35.5 Å². The van der Waals surface area contributed by atoms with Gasteiger partial charge in [0.25, 0.3) is 5.56 Å². The van der Waals surface area contributed by atoms with Gasteiger partial charge in [0.05, 0.1) is 43.6 Å². The molecule has 2 saturated heterocycles. The Bertz CT molecular complexity index is 1100. The fourth-order valence-corrected chi connectivity index (χ4v) is 4.38. The Balaban J connectivity index is 1.33. The lowest BCUT2D eigenvalue weighted by atomic mass is 9.80. The van der Waals surface area contributed by atoms with Crippen LogP contribution in [0.15, 0.2) is 23.3 Å². The van der Waals surface area contributed by atoms with Gasteiger partial charge in [0, 0.05) is 32.3 Å². The molecule has 2 aliphatic rings. The van der Waals surface area contributed by atoms with E-state index in [4.69, 9.17) is 4.74 Å². The van der Waals surface area contributed by atoms with Gasteiger partial charge < -0.3 is 15.0 Å². The first-order valence-electron chi connectivity index (χ1n) is 9.53. The van der Waals surface area contributed by atoms with Crippen LogP contribution >= 0.6 is 0 Å². The lowest BCUT2D eigenvalue weighted by molar-refractivity contribution is -0.131. The van der Waals surface area contributed by atoms with Crippen molar-refractivity contribution in [2.75, 3.05) is 26.3 Å². The van der Waals surface area contributed by atoms with Crippen LogP contribution in [0.1, 0.15) is 11.5 Å². The second-order valence-electron chi connectivity index (χ2n) is 7.82. The van der Waals surface area contributed by atoms with E-state index >= 15 is 0 Å². The minimum Gasteiger partial charge on any atom is -0.380 e. The third-order valence-electron chi connectivity index (χ3n) is 5.92. The number of aromatic amines is 2. The molecule has 3 aromatic heterocycles. The Morgan fingerprint density at radius 1 is 1.48 bits per heavy atom. The van der Waals surface area contributed by atoms with Crippen molar-refractivity contribution in [3.05, 3.63) is 40.3 Å². The number of ether oxygens (including phenoxy) is 1. The van der Waals surface area contributed by atoms with Crippen LogP contribution in [-0.2, 0) is 29.7 Å². The Hall–Kier alpha value is -3.05. The maximum absolute atomic E-state index is 13.0. The quantitative estimate of drug-likeness (QED) is 0.509. The normalized spacial score (nSPS) is 24.2. The zero-order chi connectivity index (χ0) is 20.0. The maximum atomic E-state index is 13.0. The fraction of sp³-hybridized carbons (Fsp3) is 0.500. The van der Waals surface area contributed by atoms with Gasteiger partial charge in [-0.1, -0.05) is 0 Å². The van der Waals surface area contributed by atoms with E-state index in [0.717, 1.165) is 5.69 Å². The number of nitrogens with zero attached hydrogens (tertiary/aromatic N) is 5. The molecule has 5 heterocycles. The molecule has 0 aromatic carbocycles. The summed E-state index contributed by atoms with van der Waals surface area (Å²) < 4.78 is 7.25. The number of aromatic nitrogens is 6. The molecule has 11 nitrogen and oxygen atoms in total. The number of H-pyrrole nitrogens is 2. The van der Waals surface area contributed by atoms with Gasteiger partial charge in [-0.15, -0.1) is 0 Å². The van der Waals surface area contributed by atoms with Crippen LogP contribution in [0.2, 0.25) is 0 Å². The van der Waals surface area contributed by atoms with Crippen molar-refractivity contribution >= 4 is 16.9 Å². The smallest absolute Gasteiger partial charge is 0.262 e. The van der Waals surface area contributed by atoms with Crippen molar-refractivity contribution in [3.63, 3.8) is 0 Å². The number of rotatable bonds is 5. The maximum Gasteiger partial charge on any atom is 0.262 e. The van der Waals surface area contributed by atoms with Crippen LogP contribution in [0.5, 0.6) is 0 Å². The molecule has 2 aliphatic heterocycles. The van der Waals surface area contributed by atoms with Crippen molar-refractivity contribution in [3.8, 4) is 0 Å². The highest BCUT2D eigenvalue weighted by Crippen LogP contribution is 2.42. The topological polar surface area (TPSA) is 134 Å². The predicted octanol–water partition coefficient (Wildman–Crippen LogP) is -0.855. The Kier molecular flexibility index (Phi) is 4.21. The van der Waals surface area contributed by atoms with Gasteiger partial charge in [0.2, 0.25) is 5.91 Å². The average Bonchev–Trinajstić information content (AvgIpc) is 3.45. The molecule has 0 aliphatic carbocycles. The van der Waals surface area contributed by atoms with Gasteiger partial charge in [0.15, 0.2) is 5.65 Å². The molecular formula is C18H22N8O3. The minimum absolute atomic E-state index is 0.0133. The monoisotopic (exact) mass is 398 g/mol. The van der Waals surface area contributed by atoms with Crippen molar-refractivity contribution in [2.24, 2.45) is 18.4 Å². The molecule has 0 unspecified atom stereocenters. The number of carbonyl (C=O) groups is 1. The first-order chi connectivity index (χ1) is 14.0. The summed E-state index contributed by atoms with van der Waals surface area (Å²) in [5, 5.41) is 14.3. The summed E-state index contributed by atoms with van der Waals surface area (Å²) in [4.78, 5) is 34.9. The van der Waals surface area contributed by atoms with Gasteiger partial charge >= 0.3 is 0 Å². The molecule has 0 bridgehead atoms. The zero-order valence-corrected chi connectivity index (χ0v) is 16.0. The number of nitrogens with one attached hydrogen (secondary N) is 3. The van der Waals surface area contributed by atoms with Crippen LogP contribution in [-0.4, -0.2) is 67.1 Å². The largest absolute Gasteiger partial charge is 0.380 e. The summed E-state index contributed by atoms with van der Waals surface area (Å²) in [6.07, 6.45) is 3.17. The lowest BCUT2D eigenvalue weighted by Crippen LogP contribution is -2.46. The van der Waals surface area contributed by atoms with E-state index in [0.29, 0.717) is 56.3 Å². The molecule has 0 saturated carbocycles. The SMILES string of the molecule is Cn1ncc2c(=O)[nH]c(CN3C[C@H]4COC[C@@]4(C(=O)NCc4ccn[nH]4)C3)nc21. The second kappa shape index (κ2) is 6.78. The van der Waals surface area contributed by atoms with Crippen LogP contribution in [0, 0.1) is 11.3 Å². The van der Waals surface area contributed by atoms with Gasteiger partial charge in [-0.05, 0) is 6.07 Å². The second-order valence-corrected chi connectivity index (χ2v) is 7.82. The van der Waals surface area contributed by atoms with Gasteiger partial charge in [-0.25, -0.2) is 4.98 Å². The minimum atomic E-state index is -0.586. The predicted molar refractivity (Wildman–Crippen MR) is 102 cm³/mol. The zero-order valence-electron chi connectivity index (χ0n) is 16.0. The summed E-state index contributed by atoms with van der Waals surface area (Å²) >= 11 is 0. The standard InChI is InChI=1S/C18H22N8O3/c1-25-15-13(5-21-25)16(27)23-14(22-15)7-26-6-11-8-29-10-18(11,9-26)17(28)19-4-12-2-3-20-24-12/h2-3,5,11H,4,6-10H2,1H3,(H,19,28)(H,20,24)(H,22,23,27)/t11-,18-/m0/s1. The van der Waals surface area contributed by atoms with Crippen LogP contribution in [0.3, 0.4) is 0 Å². The molecule has 152 valence electrons. The Morgan fingerprint density at radius 3 is 3.21 bits per heavy atom. The van der Waals surface area contributed by atoms with E-state index in [9.17, 15) is 9.59 Å². The molecule has 2 fully saturated rings. The van der Waals surface area contributed by atoms with Crippen molar-refractivity contribution in [1.29, 1.82) is 0 Å². The summed E-state index contributed by atoms with van der Waals surface area (Å²) in [5.41, 5.74) is 0.620. The number of amides is 1. The van der Waals surface area contributed by atoms with E-state index in [1.54, 1.807) is 17.9 Å². The summed E-state index contributed by atoms with van der Waals surface area (Å²) in [5.74, 6) is 0.664. The van der Waals surface area contributed by atoms with Crippen LogP contribution < -0.4 is 10.9 Å². The number of aryl methyl sites for hydroxylation is 1. The molecule has 2 atom stereocenters. The average molecular weight is 398 g/mol. The third-order valence-corrected chi connectivity index (χ3v) is 5.92. The van der Waals surface area contributed by atoms with Crippen LogP contribution in [0.25, 0.3) is 11.0 Å². The molecule has 3 aromatic rings. The highest BCUT2D eigenvalue weighted by Gasteiger charge is 2.55. The van der Waals surface area contributed by atoms with Crippen molar-refractivity contribution < 1.29 is 9.53 Å². The molecule has 11 heteroatoms. The number of hydrogen-bond donors (Lipinski definition) is 3. The van der Waals surface area contributed by atoms with Gasteiger partial charge in [-0.2, -0.15) is 10.2 Å². The van der Waals surface area contributed by atoms with E-state index in [-0.39, 0.29) is 17.4 Å². The summed E-state index contributed by atoms with van der Waals surface area (Å²) in [7, 11) is 1.76. The molecule has 0 spiro atoms. The first kappa shape index (κ1) is 18.0. The summed E-state index contributed by atoms with van der Waals surface area (Å²) in [6.45, 7) is 3.08. The Labute approximate surface area is 165 Å². The molecular weight excluding hydrogens is 376 g/mol. The Morgan fingerprint density at radius 2 is 2.38 bits per heavy atom. The molecule has 3 N–H and O–H groups in total. The van der Waals surface area contributed by atoms with Crippen LogP contribution in [0.4, 0.5) is 0 Å². The molecule has 0 radical (unpaired) electrons. The van der Waals surface area contributed by atoms with Gasteiger partial charge in [0.1, 0.15) is 11.2 Å². The highest BCUT2D eigenvalue weighted by atomic mass is 16.5. The molecule has 1 amide bonds. The molecule has 29 heavy (non-hydrogen) atoms. The van der Waals surface area contributed by atoms with Gasteiger partial charge in [-0.3, -0.25) is 24.3 Å². The summed E-state index contributed by atoms with van der Waals surface area (Å²) in [6, 6.07) is 1.83. The molecule has 5 rings (SSSR count). The fourth-order valence-electron chi connectivity index (χ4n) is 4.38. The van der Waals surface area contributed by atoms with E-state index < -0.39 is 5.41 Å². The van der Waals surface area contributed by atoms with Crippen molar-refractivity contribution in [1.82, 2.24) is 40.2 Å². The van der Waals surface area contributed by atoms with E-state index in [1.807, 2.05) is 6.07 Å². The number of likely N-dealkylation sites (tertiary alicyclic amines) is 1. The highest BCUT2D eigenvalue weighted by molar-refractivity contribution is 5.84. The van der Waals surface area contributed by atoms with Crippen molar-refractivity contribution in [2.45, 2.75) is 13.1 Å². The van der Waals surface area contributed by atoms with E-state index in [1.165, 1.54) is 6.20 Å². The first-order valence-corrected chi connectivity index (χ1v) is 9.53. The number of fused-ring (bicyclic) bond motifs is 2. The number of carbonyl (C=O) groups excluding carboxylic acids is 1. The third kappa shape index (κ3) is 3.02.